The minimum Gasteiger partial charge on any atom is -0.316 e. The molecule has 0 unspecified atom stereocenters. The number of rotatable bonds is 3. The molecule has 32 heavy (non-hydrogen) atoms. The number of hydrogen-bond acceptors (Lipinski definition) is 1. The number of benzene rings is 3. The third kappa shape index (κ3) is 3.21. The van der Waals surface area contributed by atoms with E-state index in [4.69, 9.17) is 0 Å². The molecule has 1 aromatic heterocycles. The molecule has 1 atom stereocenters. The highest BCUT2D eigenvalue weighted by Gasteiger charge is 2.40. The zero-order valence-electron chi connectivity index (χ0n) is 19.7. The Morgan fingerprint density at radius 2 is 1.66 bits per heavy atom. The van der Waals surface area contributed by atoms with E-state index in [9.17, 15) is 4.79 Å². The predicted octanol–water partition coefficient (Wildman–Crippen LogP) is 7.32. The number of para-hydroxylation sites is 1. The molecule has 0 bridgehead atoms. The van der Waals surface area contributed by atoms with Crippen LogP contribution in [0.1, 0.15) is 66.7 Å². The van der Waals surface area contributed by atoms with Gasteiger partial charge in [0.05, 0.1) is 5.52 Å². The van der Waals surface area contributed by atoms with Crippen LogP contribution in [0.4, 0.5) is 0 Å². The Morgan fingerprint density at radius 3 is 2.44 bits per heavy atom. The summed E-state index contributed by atoms with van der Waals surface area (Å²) >= 11 is 0. The van der Waals surface area contributed by atoms with E-state index in [0.717, 1.165) is 12.0 Å². The molecule has 2 nitrogen and oxygen atoms in total. The first-order valence-corrected chi connectivity index (χ1v) is 11.5. The van der Waals surface area contributed by atoms with Gasteiger partial charge < -0.3 is 4.57 Å². The van der Waals surface area contributed by atoms with Crippen molar-refractivity contribution in [2.24, 2.45) is 0 Å². The van der Waals surface area contributed by atoms with Crippen molar-refractivity contribution in [3.63, 3.8) is 0 Å². The molecule has 2 heteroatoms. The monoisotopic (exact) mass is 421 g/mol. The van der Waals surface area contributed by atoms with Gasteiger partial charge in [0.25, 0.3) is 0 Å². The lowest BCUT2D eigenvalue weighted by molar-refractivity contribution is 0.0976. The molecule has 0 aliphatic heterocycles. The average molecular weight is 422 g/mol. The number of Topliss-reactive ketones (excluding diaryl/α,β-unsaturated/α-hetero) is 1. The van der Waals surface area contributed by atoms with E-state index in [-0.39, 0.29) is 16.6 Å². The lowest BCUT2D eigenvalue weighted by Gasteiger charge is -2.26. The molecule has 0 saturated heterocycles. The highest BCUT2D eigenvalue weighted by Crippen LogP contribution is 2.43. The molecule has 0 N–H and O–H groups in total. The second-order valence-corrected chi connectivity index (χ2v) is 10.6. The van der Waals surface area contributed by atoms with Crippen molar-refractivity contribution in [3.8, 4) is 5.69 Å². The van der Waals surface area contributed by atoms with Gasteiger partial charge in [-0.15, -0.1) is 0 Å². The number of carbonyl (C=O) groups is 1. The molecule has 162 valence electrons. The van der Waals surface area contributed by atoms with E-state index in [2.05, 4.69) is 100.0 Å². The van der Waals surface area contributed by atoms with Gasteiger partial charge in [-0.05, 0) is 53.1 Å². The first-order valence-electron chi connectivity index (χ1n) is 11.5. The summed E-state index contributed by atoms with van der Waals surface area (Å²) in [4.78, 5) is 12.7. The second kappa shape index (κ2) is 7.20. The largest absolute Gasteiger partial charge is 0.316 e. The molecule has 1 aliphatic rings. The van der Waals surface area contributed by atoms with Gasteiger partial charge in [0, 0.05) is 34.7 Å². The second-order valence-electron chi connectivity index (χ2n) is 10.6. The molecule has 5 rings (SSSR count). The topological polar surface area (TPSA) is 22.0 Å². The summed E-state index contributed by atoms with van der Waals surface area (Å²) in [5.41, 5.74) is 8.40. The highest BCUT2D eigenvalue weighted by molar-refractivity contribution is 6.02. The van der Waals surface area contributed by atoms with E-state index in [1.165, 1.54) is 38.8 Å². The first-order chi connectivity index (χ1) is 15.2. The maximum atomic E-state index is 12.7. The van der Waals surface area contributed by atoms with Gasteiger partial charge in [0.1, 0.15) is 0 Å². The zero-order chi connectivity index (χ0) is 22.7. The lowest BCUT2D eigenvalue weighted by Crippen LogP contribution is -2.22. The molecule has 0 radical (unpaired) electrons. The van der Waals surface area contributed by atoms with E-state index >= 15 is 0 Å². The number of nitrogens with zero attached hydrogens (tertiary/aromatic N) is 1. The number of aromatic nitrogens is 1. The summed E-state index contributed by atoms with van der Waals surface area (Å²) in [7, 11) is 0. The van der Waals surface area contributed by atoms with E-state index < -0.39 is 0 Å². The van der Waals surface area contributed by atoms with Crippen LogP contribution >= 0.6 is 0 Å². The Hall–Kier alpha value is -3.13. The van der Waals surface area contributed by atoms with Crippen molar-refractivity contribution in [2.75, 3.05) is 0 Å². The van der Waals surface area contributed by atoms with Crippen LogP contribution in [-0.4, -0.2) is 10.4 Å². The van der Waals surface area contributed by atoms with Crippen molar-refractivity contribution in [1.29, 1.82) is 0 Å². The summed E-state index contributed by atoms with van der Waals surface area (Å²) in [6.07, 6.45) is 3.73. The van der Waals surface area contributed by atoms with Crippen molar-refractivity contribution in [3.05, 3.63) is 101 Å². The predicted molar refractivity (Wildman–Crippen MR) is 133 cm³/mol. The Bertz CT molecular complexity index is 1350. The van der Waals surface area contributed by atoms with Crippen LogP contribution in [0, 0.1) is 6.92 Å². The molecular formula is C30H31NO. The molecule has 0 spiro atoms. The highest BCUT2D eigenvalue weighted by atomic mass is 16.1. The SMILES string of the molecule is Cc1cccc(-n2cc(C[C@@]3(C)CC(=O)c4ccccc43)c3ccccc32)c1C(C)(C)C. The van der Waals surface area contributed by atoms with Crippen LogP contribution in [0.3, 0.4) is 0 Å². The maximum Gasteiger partial charge on any atom is 0.164 e. The summed E-state index contributed by atoms with van der Waals surface area (Å²) in [6, 6.07) is 23.4. The Kier molecular flexibility index (Phi) is 4.67. The number of hydrogen-bond donors (Lipinski definition) is 0. The van der Waals surface area contributed by atoms with Crippen LogP contribution in [0.15, 0.2) is 72.9 Å². The van der Waals surface area contributed by atoms with Gasteiger partial charge >= 0.3 is 0 Å². The van der Waals surface area contributed by atoms with E-state index in [0.29, 0.717) is 6.42 Å². The molecule has 3 aromatic carbocycles. The molecule has 0 amide bonds. The van der Waals surface area contributed by atoms with Gasteiger partial charge in [-0.3, -0.25) is 4.79 Å². The Labute approximate surface area is 190 Å². The summed E-state index contributed by atoms with van der Waals surface area (Å²) in [6.45, 7) is 11.3. The fourth-order valence-electron chi connectivity index (χ4n) is 5.79. The van der Waals surface area contributed by atoms with Crippen LogP contribution in [-0.2, 0) is 17.3 Å². The van der Waals surface area contributed by atoms with Gasteiger partial charge in [0.15, 0.2) is 5.78 Å². The Morgan fingerprint density at radius 1 is 0.938 bits per heavy atom. The third-order valence-corrected chi connectivity index (χ3v) is 7.06. The van der Waals surface area contributed by atoms with Crippen molar-refractivity contribution < 1.29 is 4.79 Å². The molecule has 4 aromatic rings. The van der Waals surface area contributed by atoms with Gasteiger partial charge in [-0.25, -0.2) is 0 Å². The van der Waals surface area contributed by atoms with Crippen molar-refractivity contribution in [1.82, 2.24) is 4.57 Å². The normalized spacial score (nSPS) is 18.3. The van der Waals surface area contributed by atoms with E-state index in [1.54, 1.807) is 0 Å². The summed E-state index contributed by atoms with van der Waals surface area (Å²) < 4.78 is 2.37. The molecular weight excluding hydrogens is 390 g/mol. The zero-order valence-corrected chi connectivity index (χ0v) is 19.7. The molecule has 0 saturated carbocycles. The van der Waals surface area contributed by atoms with Crippen LogP contribution in [0.25, 0.3) is 16.6 Å². The van der Waals surface area contributed by atoms with Gasteiger partial charge in [-0.2, -0.15) is 0 Å². The minimum absolute atomic E-state index is 0.0367. The number of ketones is 1. The fourth-order valence-corrected chi connectivity index (χ4v) is 5.79. The minimum atomic E-state index is -0.178. The van der Waals surface area contributed by atoms with E-state index in [1.807, 2.05) is 12.1 Å². The number of aryl methyl sites for hydroxylation is 1. The summed E-state index contributed by atoms with van der Waals surface area (Å²) in [5, 5.41) is 1.27. The first kappa shape index (κ1) is 20.8. The fraction of sp³-hybridized carbons (Fsp3) is 0.300. The lowest BCUT2D eigenvalue weighted by atomic mass is 9.78. The van der Waals surface area contributed by atoms with Gasteiger partial charge in [0.2, 0.25) is 0 Å². The van der Waals surface area contributed by atoms with Crippen LogP contribution < -0.4 is 0 Å². The van der Waals surface area contributed by atoms with Crippen LogP contribution in [0.5, 0.6) is 0 Å². The molecule has 1 aliphatic carbocycles. The molecule has 1 heterocycles. The quantitative estimate of drug-likeness (QED) is 0.339. The van der Waals surface area contributed by atoms with Gasteiger partial charge in [-0.1, -0.05) is 82.3 Å². The van der Waals surface area contributed by atoms with Crippen LogP contribution in [0.2, 0.25) is 0 Å². The number of carbonyl (C=O) groups excluding carboxylic acids is 1. The Balaban J connectivity index is 1.69. The maximum absolute atomic E-state index is 12.7. The number of fused-ring (bicyclic) bond motifs is 2. The summed E-state index contributed by atoms with van der Waals surface area (Å²) in [5.74, 6) is 0.264. The standard InChI is InChI=1S/C30H31NO/c1-20-11-10-16-26(28(20)29(2,3)4)31-19-21(22-12-7-9-15-25(22)31)17-30(5)18-27(32)23-13-6-8-14-24(23)30/h6-16,19H,17-18H2,1-5H3/t30-/m0/s1. The molecule has 0 fully saturated rings. The third-order valence-electron chi connectivity index (χ3n) is 7.06. The van der Waals surface area contributed by atoms with Crippen molar-refractivity contribution in [2.45, 2.75) is 58.3 Å². The smallest absolute Gasteiger partial charge is 0.164 e. The van der Waals surface area contributed by atoms with Crippen molar-refractivity contribution >= 4 is 16.7 Å². The average Bonchev–Trinajstić information content (AvgIpc) is 3.22.